The van der Waals surface area contributed by atoms with Crippen LogP contribution in [0.4, 0.5) is 0 Å². The van der Waals surface area contributed by atoms with E-state index in [1.54, 1.807) is 0 Å². The van der Waals surface area contributed by atoms with Crippen LogP contribution in [0.1, 0.15) is 329 Å². The minimum Gasteiger partial charge on any atom is -0.462 e. The lowest BCUT2D eigenvalue weighted by molar-refractivity contribution is -0.167. The number of carbonyl (C=O) groups is 3. The maximum absolute atomic E-state index is 12.8. The molecule has 6 nitrogen and oxygen atoms in total. The molecular formula is C73H126O6. The van der Waals surface area contributed by atoms with Crippen molar-refractivity contribution in [2.24, 2.45) is 0 Å². The molecule has 0 aliphatic carbocycles. The summed E-state index contributed by atoms with van der Waals surface area (Å²) in [5.74, 6) is -0.887. The molecule has 454 valence electrons. The number of esters is 3. The van der Waals surface area contributed by atoms with Gasteiger partial charge in [-0.2, -0.15) is 0 Å². The van der Waals surface area contributed by atoms with E-state index in [0.29, 0.717) is 19.3 Å². The third kappa shape index (κ3) is 65.0. The highest BCUT2D eigenvalue weighted by Crippen LogP contribution is 2.17. The Morgan fingerprint density at radius 3 is 0.772 bits per heavy atom. The summed E-state index contributed by atoms with van der Waals surface area (Å²) in [4.78, 5) is 38.0. The van der Waals surface area contributed by atoms with Crippen LogP contribution in [0.25, 0.3) is 0 Å². The lowest BCUT2D eigenvalue weighted by atomic mass is 10.0. The summed E-state index contributed by atoms with van der Waals surface area (Å²) in [7, 11) is 0. The van der Waals surface area contributed by atoms with Gasteiger partial charge in [0.15, 0.2) is 6.10 Å². The molecule has 0 N–H and O–H groups in total. The second-order valence-electron chi connectivity index (χ2n) is 22.3. The Morgan fingerprint density at radius 2 is 0.494 bits per heavy atom. The van der Waals surface area contributed by atoms with Gasteiger partial charge in [-0.25, -0.2) is 0 Å². The molecule has 0 aromatic rings. The Balaban J connectivity index is 3.92. The largest absolute Gasteiger partial charge is 0.462 e. The Labute approximate surface area is 489 Å². The van der Waals surface area contributed by atoms with Gasteiger partial charge < -0.3 is 14.2 Å². The van der Waals surface area contributed by atoms with Crippen LogP contribution >= 0.6 is 0 Å². The van der Waals surface area contributed by atoms with Gasteiger partial charge in [0.25, 0.3) is 0 Å². The average Bonchev–Trinajstić information content (AvgIpc) is 3.45. The second kappa shape index (κ2) is 66.8. The van der Waals surface area contributed by atoms with Crippen LogP contribution in [-0.2, 0) is 28.6 Å². The molecule has 0 saturated heterocycles. The highest BCUT2D eigenvalue weighted by molar-refractivity contribution is 5.71. The molecule has 0 amide bonds. The normalized spacial score (nSPS) is 12.7. The van der Waals surface area contributed by atoms with Gasteiger partial charge in [-0.1, -0.05) is 311 Å². The zero-order valence-electron chi connectivity index (χ0n) is 52.1. The maximum atomic E-state index is 12.8. The summed E-state index contributed by atoms with van der Waals surface area (Å²) in [5, 5.41) is 0. The summed E-state index contributed by atoms with van der Waals surface area (Å²) >= 11 is 0. The highest BCUT2D eigenvalue weighted by atomic mass is 16.6. The summed E-state index contributed by atoms with van der Waals surface area (Å²) < 4.78 is 16.8. The quantitative estimate of drug-likeness (QED) is 0.0261. The van der Waals surface area contributed by atoms with Crippen molar-refractivity contribution in [1.82, 2.24) is 0 Å². The van der Waals surface area contributed by atoms with E-state index in [2.05, 4.69) is 118 Å². The molecule has 6 heteroatoms. The predicted molar refractivity (Wildman–Crippen MR) is 344 cm³/mol. The van der Waals surface area contributed by atoms with E-state index in [-0.39, 0.29) is 31.1 Å². The van der Waals surface area contributed by atoms with Crippen molar-refractivity contribution in [2.45, 2.75) is 335 Å². The Kier molecular flexibility index (Phi) is 63.7. The van der Waals surface area contributed by atoms with Gasteiger partial charge in [-0.3, -0.25) is 14.4 Å². The van der Waals surface area contributed by atoms with E-state index in [0.717, 1.165) is 122 Å². The fourth-order valence-electron chi connectivity index (χ4n) is 9.60. The maximum Gasteiger partial charge on any atom is 0.306 e. The molecule has 0 bridgehead atoms. The topological polar surface area (TPSA) is 78.9 Å². The molecule has 0 aromatic heterocycles. The number of carbonyl (C=O) groups excluding carboxylic acids is 3. The molecule has 0 aromatic carbocycles. The zero-order valence-corrected chi connectivity index (χ0v) is 52.1. The van der Waals surface area contributed by atoms with E-state index in [4.69, 9.17) is 14.2 Å². The molecule has 1 atom stereocenters. The van der Waals surface area contributed by atoms with E-state index in [9.17, 15) is 14.4 Å². The molecule has 0 heterocycles. The first-order valence-electron chi connectivity index (χ1n) is 33.7. The summed E-state index contributed by atoms with van der Waals surface area (Å²) in [6, 6.07) is 0. The van der Waals surface area contributed by atoms with Crippen molar-refractivity contribution in [3.63, 3.8) is 0 Å². The standard InChI is InChI=1S/C73H126O6/c1-4-7-10-13-15-17-19-21-23-25-27-29-30-31-32-33-34-35-36-37-38-39-40-41-42-44-45-47-49-51-53-55-57-60-63-66-72(75)78-69-70(68-77-71(74)65-62-59-12-9-6-3)79-73(76)67-64-61-58-56-54-52-50-48-46-43-28-26-24-22-20-18-16-14-11-8-5-2/h7-8,10-11,15-18,21-24,27-29,43,70H,4-6,9,12-14,19-20,25-26,30-42,44-69H2,1-3H3/b10-7-,11-8-,17-15-,18-16-,23-21-,24-22-,29-27-,43-28-. The predicted octanol–water partition coefficient (Wildman–Crippen LogP) is 23.2. The molecule has 0 aliphatic rings. The van der Waals surface area contributed by atoms with Crippen LogP contribution in [0.2, 0.25) is 0 Å². The van der Waals surface area contributed by atoms with Gasteiger partial charge in [0.1, 0.15) is 13.2 Å². The van der Waals surface area contributed by atoms with Crippen LogP contribution in [0.3, 0.4) is 0 Å². The first-order valence-corrected chi connectivity index (χ1v) is 33.7. The number of hydrogen-bond donors (Lipinski definition) is 0. The van der Waals surface area contributed by atoms with Crippen molar-refractivity contribution in [3.05, 3.63) is 97.2 Å². The number of ether oxygens (including phenoxy) is 3. The van der Waals surface area contributed by atoms with Crippen LogP contribution in [0, 0.1) is 0 Å². The number of allylic oxidation sites excluding steroid dienone is 16. The van der Waals surface area contributed by atoms with E-state index >= 15 is 0 Å². The van der Waals surface area contributed by atoms with Crippen molar-refractivity contribution in [3.8, 4) is 0 Å². The minimum absolute atomic E-state index is 0.0769. The van der Waals surface area contributed by atoms with Gasteiger partial charge in [-0.05, 0) is 96.3 Å². The third-order valence-electron chi connectivity index (χ3n) is 14.6. The van der Waals surface area contributed by atoms with Gasteiger partial charge in [0.05, 0.1) is 0 Å². The molecule has 0 radical (unpaired) electrons. The van der Waals surface area contributed by atoms with Gasteiger partial charge in [0.2, 0.25) is 0 Å². The number of hydrogen-bond acceptors (Lipinski definition) is 6. The first-order chi connectivity index (χ1) is 39.0. The van der Waals surface area contributed by atoms with Crippen molar-refractivity contribution >= 4 is 17.9 Å². The van der Waals surface area contributed by atoms with Gasteiger partial charge >= 0.3 is 17.9 Å². The van der Waals surface area contributed by atoms with E-state index in [1.165, 1.54) is 167 Å². The van der Waals surface area contributed by atoms with Crippen molar-refractivity contribution in [1.29, 1.82) is 0 Å². The van der Waals surface area contributed by atoms with Crippen molar-refractivity contribution in [2.75, 3.05) is 13.2 Å². The van der Waals surface area contributed by atoms with E-state index < -0.39 is 6.10 Å². The Morgan fingerprint density at radius 1 is 0.266 bits per heavy atom. The molecule has 0 saturated carbocycles. The van der Waals surface area contributed by atoms with Gasteiger partial charge in [0, 0.05) is 19.3 Å². The zero-order chi connectivity index (χ0) is 57.1. The first kappa shape index (κ1) is 75.3. The molecular weight excluding hydrogens is 973 g/mol. The fraction of sp³-hybridized carbons (Fsp3) is 0.740. The molecule has 0 rings (SSSR count). The van der Waals surface area contributed by atoms with Crippen LogP contribution in [-0.4, -0.2) is 37.2 Å². The van der Waals surface area contributed by atoms with Crippen LogP contribution in [0.15, 0.2) is 97.2 Å². The molecule has 0 fully saturated rings. The van der Waals surface area contributed by atoms with Crippen LogP contribution < -0.4 is 0 Å². The monoisotopic (exact) mass is 1100 g/mol. The fourth-order valence-corrected chi connectivity index (χ4v) is 9.60. The Bertz CT molecular complexity index is 1540. The minimum atomic E-state index is -0.777. The lowest BCUT2D eigenvalue weighted by Crippen LogP contribution is -2.30. The molecule has 79 heavy (non-hydrogen) atoms. The smallest absolute Gasteiger partial charge is 0.306 e. The molecule has 0 aliphatic heterocycles. The summed E-state index contributed by atoms with van der Waals surface area (Å²) in [6.07, 6.45) is 90.6. The van der Waals surface area contributed by atoms with Gasteiger partial charge in [-0.15, -0.1) is 0 Å². The van der Waals surface area contributed by atoms with E-state index in [1.807, 2.05) is 0 Å². The number of unbranched alkanes of at least 4 members (excludes halogenated alkanes) is 34. The Hall–Kier alpha value is -3.67. The summed E-state index contributed by atoms with van der Waals surface area (Å²) in [5.41, 5.74) is 0. The lowest BCUT2D eigenvalue weighted by Gasteiger charge is -2.18. The van der Waals surface area contributed by atoms with Crippen LogP contribution in [0.5, 0.6) is 0 Å². The number of rotatable bonds is 61. The SMILES string of the molecule is CC/C=C\C/C=C\C/C=C\C/C=C\CCCCCCCCCCCCCCCCCCCCCCCCC(=O)OCC(COC(=O)CCCCCCC)OC(=O)CCCCCCCCCC/C=C\C/C=C\C/C=C\C/C=C\CC. The summed E-state index contributed by atoms with van der Waals surface area (Å²) in [6.45, 7) is 6.35. The highest BCUT2D eigenvalue weighted by Gasteiger charge is 2.19. The second-order valence-corrected chi connectivity index (χ2v) is 22.3. The average molecular weight is 1100 g/mol. The molecule has 0 spiro atoms. The third-order valence-corrected chi connectivity index (χ3v) is 14.6. The molecule has 1 unspecified atom stereocenters. The van der Waals surface area contributed by atoms with Crippen molar-refractivity contribution < 1.29 is 28.6 Å².